The molecule has 0 aliphatic rings. The van der Waals surface area contributed by atoms with E-state index in [0.717, 1.165) is 11.3 Å². The van der Waals surface area contributed by atoms with Crippen LogP contribution < -0.4 is 20.9 Å². The van der Waals surface area contributed by atoms with Crippen molar-refractivity contribution in [2.24, 2.45) is 0 Å². The molecule has 0 saturated heterocycles. The lowest BCUT2D eigenvalue weighted by atomic mass is 10.2. The summed E-state index contributed by atoms with van der Waals surface area (Å²) in [6.07, 6.45) is 6.02. The second kappa shape index (κ2) is 10.3. The number of hydrogen-bond donors (Lipinski definition) is 3. The van der Waals surface area contributed by atoms with Crippen molar-refractivity contribution in [3.8, 4) is 5.75 Å². The number of amides is 3. The zero-order chi connectivity index (χ0) is 19.5. The quantitative estimate of drug-likeness (QED) is 0.500. The van der Waals surface area contributed by atoms with Crippen LogP contribution in [0.25, 0.3) is 6.08 Å². The number of nitrogens with zero attached hydrogens (tertiary/aromatic N) is 1. The van der Waals surface area contributed by atoms with Crippen molar-refractivity contribution in [1.29, 1.82) is 0 Å². The van der Waals surface area contributed by atoms with E-state index in [0.29, 0.717) is 5.56 Å². The van der Waals surface area contributed by atoms with Crippen LogP contribution in [0.15, 0.2) is 54.9 Å². The molecule has 0 aliphatic carbocycles. The van der Waals surface area contributed by atoms with Gasteiger partial charge in [-0.3, -0.25) is 30.2 Å². The zero-order valence-corrected chi connectivity index (χ0v) is 14.8. The van der Waals surface area contributed by atoms with Crippen LogP contribution in [0.4, 0.5) is 0 Å². The SMILES string of the molecule is COc1ccc(C=CC(=O)NCCC(=O)NNC(=O)c2ccncc2)cc1. The molecule has 0 unspecified atom stereocenters. The number of pyridine rings is 1. The first-order valence-corrected chi connectivity index (χ1v) is 8.17. The Morgan fingerprint density at radius 1 is 1.04 bits per heavy atom. The zero-order valence-electron chi connectivity index (χ0n) is 14.8. The number of methoxy groups -OCH3 is 1. The fraction of sp³-hybridized carbons (Fsp3) is 0.158. The average molecular weight is 368 g/mol. The highest BCUT2D eigenvalue weighted by Crippen LogP contribution is 2.12. The Morgan fingerprint density at radius 2 is 1.74 bits per heavy atom. The number of benzene rings is 1. The lowest BCUT2D eigenvalue weighted by Gasteiger charge is -2.07. The number of hydrazine groups is 1. The minimum atomic E-state index is -0.447. The third kappa shape index (κ3) is 6.99. The van der Waals surface area contributed by atoms with Crippen molar-refractivity contribution < 1.29 is 19.1 Å². The minimum absolute atomic E-state index is 0.0265. The summed E-state index contributed by atoms with van der Waals surface area (Å²) in [4.78, 5) is 39.0. The van der Waals surface area contributed by atoms with Crippen molar-refractivity contribution in [2.45, 2.75) is 6.42 Å². The van der Waals surface area contributed by atoms with Gasteiger partial charge in [0.25, 0.3) is 5.91 Å². The van der Waals surface area contributed by atoms with Crippen molar-refractivity contribution in [3.05, 3.63) is 66.0 Å². The standard InChI is InChI=1S/C19H20N4O4/c1-27-16-5-2-14(3-6-16)4-7-17(24)21-13-10-18(25)22-23-19(26)15-8-11-20-12-9-15/h2-9,11-12H,10,13H2,1H3,(H,21,24)(H,22,25)(H,23,26). The largest absolute Gasteiger partial charge is 0.497 e. The number of hydrogen-bond acceptors (Lipinski definition) is 5. The first-order valence-electron chi connectivity index (χ1n) is 8.17. The molecule has 2 aromatic rings. The fourth-order valence-electron chi connectivity index (χ4n) is 2.01. The Labute approximate surface area is 156 Å². The van der Waals surface area contributed by atoms with Gasteiger partial charge in [-0.05, 0) is 35.9 Å². The first-order chi connectivity index (χ1) is 13.1. The molecule has 0 radical (unpaired) electrons. The molecular formula is C19H20N4O4. The van der Waals surface area contributed by atoms with Crippen molar-refractivity contribution >= 4 is 23.8 Å². The van der Waals surface area contributed by atoms with E-state index < -0.39 is 11.8 Å². The highest BCUT2D eigenvalue weighted by atomic mass is 16.5. The second-order valence-electron chi connectivity index (χ2n) is 5.39. The fourth-order valence-corrected chi connectivity index (χ4v) is 2.01. The molecule has 2 rings (SSSR count). The van der Waals surface area contributed by atoms with E-state index in [-0.39, 0.29) is 18.9 Å². The summed E-state index contributed by atoms with van der Waals surface area (Å²) in [6, 6.07) is 10.3. The van der Waals surface area contributed by atoms with Gasteiger partial charge in [0.2, 0.25) is 11.8 Å². The van der Waals surface area contributed by atoms with Crippen LogP contribution in [0.3, 0.4) is 0 Å². The van der Waals surface area contributed by atoms with Crippen LogP contribution in [0.2, 0.25) is 0 Å². The number of rotatable bonds is 7. The number of ether oxygens (including phenoxy) is 1. The van der Waals surface area contributed by atoms with Gasteiger partial charge in [0.1, 0.15) is 5.75 Å². The number of nitrogens with one attached hydrogen (secondary N) is 3. The summed E-state index contributed by atoms with van der Waals surface area (Å²) in [5.74, 6) is -0.452. The predicted octanol–water partition coefficient (Wildman–Crippen LogP) is 1.07. The van der Waals surface area contributed by atoms with Gasteiger partial charge in [-0.25, -0.2) is 0 Å². The number of aromatic nitrogens is 1. The van der Waals surface area contributed by atoms with E-state index >= 15 is 0 Å². The normalized spacial score (nSPS) is 10.3. The monoisotopic (exact) mass is 368 g/mol. The van der Waals surface area contributed by atoms with Gasteiger partial charge in [0.15, 0.2) is 0 Å². The molecule has 3 N–H and O–H groups in total. The maximum atomic E-state index is 11.8. The van der Waals surface area contributed by atoms with Crippen LogP contribution in [-0.2, 0) is 9.59 Å². The van der Waals surface area contributed by atoms with Crippen molar-refractivity contribution in [1.82, 2.24) is 21.2 Å². The van der Waals surface area contributed by atoms with Gasteiger partial charge < -0.3 is 10.1 Å². The Balaban J connectivity index is 1.65. The molecule has 0 atom stereocenters. The van der Waals surface area contributed by atoms with Gasteiger partial charge in [-0.2, -0.15) is 0 Å². The first kappa shape index (κ1) is 19.6. The van der Waals surface area contributed by atoms with Crippen LogP contribution in [-0.4, -0.2) is 36.4 Å². The maximum absolute atomic E-state index is 11.8. The molecule has 27 heavy (non-hydrogen) atoms. The van der Waals surface area contributed by atoms with Crippen molar-refractivity contribution in [2.75, 3.05) is 13.7 Å². The Morgan fingerprint density at radius 3 is 2.41 bits per heavy atom. The highest BCUT2D eigenvalue weighted by molar-refractivity contribution is 5.95. The Bertz CT molecular complexity index is 804. The molecular weight excluding hydrogens is 348 g/mol. The van der Waals surface area contributed by atoms with E-state index in [4.69, 9.17) is 4.74 Å². The molecule has 140 valence electrons. The third-order valence-corrected chi connectivity index (χ3v) is 3.45. The third-order valence-electron chi connectivity index (χ3n) is 3.45. The molecule has 1 heterocycles. The molecule has 0 aliphatic heterocycles. The summed E-state index contributed by atoms with van der Waals surface area (Å²) in [5, 5.41) is 2.59. The molecule has 8 heteroatoms. The van der Waals surface area contributed by atoms with Crippen molar-refractivity contribution in [3.63, 3.8) is 0 Å². The molecule has 3 amide bonds. The molecule has 1 aromatic carbocycles. The smallest absolute Gasteiger partial charge is 0.269 e. The van der Waals surface area contributed by atoms with Gasteiger partial charge in [-0.15, -0.1) is 0 Å². The van der Waals surface area contributed by atoms with Crippen LogP contribution in [0.5, 0.6) is 5.75 Å². The predicted molar refractivity (Wildman–Crippen MR) is 99.5 cm³/mol. The molecule has 0 saturated carbocycles. The second-order valence-corrected chi connectivity index (χ2v) is 5.39. The average Bonchev–Trinajstić information content (AvgIpc) is 2.71. The van der Waals surface area contributed by atoms with E-state index in [1.807, 2.05) is 12.1 Å². The maximum Gasteiger partial charge on any atom is 0.269 e. The highest BCUT2D eigenvalue weighted by Gasteiger charge is 2.07. The van der Waals surface area contributed by atoms with Gasteiger partial charge >= 0.3 is 0 Å². The molecule has 0 fully saturated rings. The van der Waals surface area contributed by atoms with Crippen LogP contribution >= 0.6 is 0 Å². The van der Waals surface area contributed by atoms with E-state index in [2.05, 4.69) is 21.2 Å². The summed E-state index contributed by atoms with van der Waals surface area (Å²) in [6.45, 7) is 0.142. The molecule has 0 bridgehead atoms. The van der Waals surface area contributed by atoms with E-state index in [9.17, 15) is 14.4 Å². The number of carbonyl (C=O) groups is 3. The van der Waals surface area contributed by atoms with Gasteiger partial charge in [-0.1, -0.05) is 12.1 Å². The molecule has 0 spiro atoms. The van der Waals surface area contributed by atoms with Crippen LogP contribution in [0, 0.1) is 0 Å². The van der Waals surface area contributed by atoms with Gasteiger partial charge in [0.05, 0.1) is 7.11 Å². The summed E-state index contributed by atoms with van der Waals surface area (Å²) in [7, 11) is 1.58. The molecule has 8 nitrogen and oxygen atoms in total. The Kier molecular flexibility index (Phi) is 7.52. The van der Waals surface area contributed by atoms with E-state index in [1.165, 1.54) is 30.6 Å². The summed E-state index contributed by atoms with van der Waals surface area (Å²) >= 11 is 0. The lowest BCUT2D eigenvalue weighted by molar-refractivity contribution is -0.122. The minimum Gasteiger partial charge on any atom is -0.497 e. The lowest BCUT2D eigenvalue weighted by Crippen LogP contribution is -2.42. The molecule has 1 aromatic heterocycles. The summed E-state index contributed by atoms with van der Waals surface area (Å²) in [5.41, 5.74) is 5.80. The summed E-state index contributed by atoms with van der Waals surface area (Å²) < 4.78 is 5.06. The van der Waals surface area contributed by atoms with E-state index in [1.54, 1.807) is 25.3 Å². The Hall–Kier alpha value is -3.68. The van der Waals surface area contributed by atoms with Crippen LogP contribution in [0.1, 0.15) is 22.3 Å². The topological polar surface area (TPSA) is 109 Å². The van der Waals surface area contributed by atoms with Gasteiger partial charge in [0, 0.05) is 37.0 Å². The number of carbonyl (C=O) groups excluding carboxylic acids is 3.